The van der Waals surface area contributed by atoms with E-state index in [2.05, 4.69) is 20.5 Å². The summed E-state index contributed by atoms with van der Waals surface area (Å²) in [5, 5.41) is 6.50. The van der Waals surface area contributed by atoms with E-state index in [4.69, 9.17) is 4.74 Å². The van der Waals surface area contributed by atoms with Gasteiger partial charge in [0.15, 0.2) is 5.96 Å². The minimum Gasteiger partial charge on any atom is -0.379 e. The maximum atomic E-state index is 11.9. The Kier molecular flexibility index (Phi) is 9.60. The van der Waals surface area contributed by atoms with Crippen LogP contribution in [-0.2, 0) is 19.6 Å². The van der Waals surface area contributed by atoms with Gasteiger partial charge in [0.1, 0.15) is 6.54 Å². The maximum Gasteiger partial charge on any atom is 0.243 e. The van der Waals surface area contributed by atoms with E-state index in [1.165, 1.54) is 11.2 Å². The van der Waals surface area contributed by atoms with E-state index in [1.807, 2.05) is 0 Å². The third kappa shape index (κ3) is 8.45. The molecule has 0 bridgehead atoms. The van der Waals surface area contributed by atoms with E-state index in [1.54, 1.807) is 18.4 Å². The summed E-state index contributed by atoms with van der Waals surface area (Å²) >= 11 is 0. The van der Waals surface area contributed by atoms with E-state index in [-0.39, 0.29) is 18.5 Å². The molecule has 0 aromatic rings. The molecular weight excluding hydrogens is 396 g/mol. The summed E-state index contributed by atoms with van der Waals surface area (Å²) in [4.78, 5) is 20.1. The standard InChI is InChI=1S/C18H36N6O4S/c1-22(2)17(25)15-21-18(19-7-5-8-23-10-12-28-13-11-23)20-14-16-6-4-9-24(16)29(3,26)27/h16H,4-15H2,1-3H3,(H2,19,20,21)/t16-/m1/s1. The number of carbonyl (C=O) groups excluding carboxylic acids is 1. The number of carbonyl (C=O) groups is 1. The van der Waals surface area contributed by atoms with Gasteiger partial charge in [-0.15, -0.1) is 0 Å². The number of hydrogen-bond donors (Lipinski definition) is 2. The third-order valence-electron chi connectivity index (χ3n) is 5.17. The molecule has 2 aliphatic rings. The van der Waals surface area contributed by atoms with Gasteiger partial charge in [0.05, 0.1) is 19.5 Å². The van der Waals surface area contributed by atoms with Crippen molar-refractivity contribution in [3.63, 3.8) is 0 Å². The van der Waals surface area contributed by atoms with Crippen molar-refractivity contribution in [2.24, 2.45) is 4.99 Å². The summed E-state index contributed by atoms with van der Waals surface area (Å²) in [6.45, 7) is 6.26. The zero-order valence-electron chi connectivity index (χ0n) is 17.9. The van der Waals surface area contributed by atoms with Gasteiger partial charge in [-0.1, -0.05) is 0 Å². The highest BCUT2D eigenvalue weighted by Crippen LogP contribution is 2.19. The van der Waals surface area contributed by atoms with Crippen LogP contribution in [0.15, 0.2) is 4.99 Å². The average Bonchev–Trinajstić information content (AvgIpc) is 3.16. The van der Waals surface area contributed by atoms with Crippen molar-refractivity contribution in [3.05, 3.63) is 0 Å². The predicted molar refractivity (Wildman–Crippen MR) is 113 cm³/mol. The number of amides is 1. The number of hydrogen-bond acceptors (Lipinski definition) is 6. The van der Waals surface area contributed by atoms with Gasteiger partial charge in [-0.2, -0.15) is 4.31 Å². The summed E-state index contributed by atoms with van der Waals surface area (Å²) in [6, 6.07) is -0.0881. The molecule has 0 aromatic heterocycles. The molecule has 10 nitrogen and oxygen atoms in total. The monoisotopic (exact) mass is 432 g/mol. The number of ether oxygens (including phenoxy) is 1. The molecule has 0 aliphatic carbocycles. The quantitative estimate of drug-likeness (QED) is 0.267. The molecular formula is C18H36N6O4S. The van der Waals surface area contributed by atoms with Gasteiger partial charge >= 0.3 is 0 Å². The summed E-state index contributed by atoms with van der Waals surface area (Å²) < 4.78 is 30.8. The second kappa shape index (κ2) is 11.7. The Morgan fingerprint density at radius 3 is 2.59 bits per heavy atom. The van der Waals surface area contributed by atoms with Gasteiger partial charge in [0.2, 0.25) is 15.9 Å². The second-order valence-corrected chi connectivity index (χ2v) is 9.67. The van der Waals surface area contributed by atoms with Gasteiger partial charge in [-0.05, 0) is 25.8 Å². The Morgan fingerprint density at radius 1 is 1.21 bits per heavy atom. The molecule has 0 saturated carbocycles. The molecule has 168 valence electrons. The van der Waals surface area contributed by atoms with Crippen molar-refractivity contribution in [1.29, 1.82) is 0 Å². The van der Waals surface area contributed by atoms with Gasteiger partial charge in [0, 0.05) is 52.9 Å². The van der Waals surface area contributed by atoms with Crippen LogP contribution in [0, 0.1) is 0 Å². The van der Waals surface area contributed by atoms with Gasteiger partial charge in [-0.25, -0.2) is 13.4 Å². The first kappa shape index (κ1) is 23.8. The number of nitrogens with one attached hydrogen (secondary N) is 2. The highest BCUT2D eigenvalue weighted by atomic mass is 32.2. The number of guanidine groups is 1. The van der Waals surface area contributed by atoms with E-state index in [0.717, 1.165) is 58.7 Å². The zero-order chi connectivity index (χ0) is 21.3. The zero-order valence-corrected chi connectivity index (χ0v) is 18.7. The first-order chi connectivity index (χ1) is 13.8. The average molecular weight is 433 g/mol. The molecule has 1 amide bonds. The number of aliphatic imine (C=N–C) groups is 1. The van der Waals surface area contributed by atoms with Crippen LogP contribution in [0.2, 0.25) is 0 Å². The SMILES string of the molecule is CN(C)C(=O)CN=C(NCCCN1CCOCC1)NC[C@H]1CCCN1S(C)(=O)=O. The fourth-order valence-electron chi connectivity index (χ4n) is 3.46. The second-order valence-electron chi connectivity index (χ2n) is 7.74. The van der Waals surface area contributed by atoms with Crippen molar-refractivity contribution in [1.82, 2.24) is 24.7 Å². The highest BCUT2D eigenvalue weighted by Gasteiger charge is 2.31. The van der Waals surface area contributed by atoms with Crippen molar-refractivity contribution in [2.45, 2.75) is 25.3 Å². The number of sulfonamides is 1. The number of nitrogens with zero attached hydrogens (tertiary/aromatic N) is 4. The van der Waals surface area contributed by atoms with Crippen LogP contribution in [0.1, 0.15) is 19.3 Å². The Labute approximate surface area is 174 Å². The van der Waals surface area contributed by atoms with E-state index >= 15 is 0 Å². The summed E-state index contributed by atoms with van der Waals surface area (Å²) in [7, 11) is 0.182. The van der Waals surface area contributed by atoms with E-state index in [9.17, 15) is 13.2 Å². The predicted octanol–water partition coefficient (Wildman–Crippen LogP) is -1.24. The summed E-state index contributed by atoms with van der Waals surface area (Å²) in [5.41, 5.74) is 0. The minimum absolute atomic E-state index is 0.0479. The van der Waals surface area contributed by atoms with Crippen molar-refractivity contribution < 1.29 is 17.9 Å². The molecule has 29 heavy (non-hydrogen) atoms. The Hall–Kier alpha value is -1.43. The van der Waals surface area contributed by atoms with E-state index in [0.29, 0.717) is 19.0 Å². The minimum atomic E-state index is -3.21. The lowest BCUT2D eigenvalue weighted by molar-refractivity contribution is -0.127. The van der Waals surface area contributed by atoms with Crippen LogP contribution in [0.25, 0.3) is 0 Å². The Bertz CT molecular complexity index is 649. The van der Waals surface area contributed by atoms with Crippen molar-refractivity contribution in [3.8, 4) is 0 Å². The lowest BCUT2D eigenvalue weighted by Gasteiger charge is -2.26. The van der Waals surface area contributed by atoms with Crippen molar-refractivity contribution in [2.75, 3.05) is 79.4 Å². The van der Waals surface area contributed by atoms with Crippen LogP contribution in [0.5, 0.6) is 0 Å². The van der Waals surface area contributed by atoms with Crippen LogP contribution in [0.4, 0.5) is 0 Å². The molecule has 2 fully saturated rings. The summed E-state index contributed by atoms with van der Waals surface area (Å²) in [5.74, 6) is 0.459. The topological polar surface area (TPSA) is 107 Å². The van der Waals surface area contributed by atoms with E-state index < -0.39 is 10.0 Å². The molecule has 0 unspecified atom stereocenters. The Balaban J connectivity index is 1.85. The van der Waals surface area contributed by atoms with Gasteiger partial charge < -0.3 is 20.3 Å². The number of rotatable bonds is 9. The molecule has 0 radical (unpaired) electrons. The summed E-state index contributed by atoms with van der Waals surface area (Å²) in [6.07, 6.45) is 3.88. The molecule has 2 aliphatic heterocycles. The normalized spacial score (nSPS) is 21.9. The Morgan fingerprint density at radius 2 is 1.93 bits per heavy atom. The lowest BCUT2D eigenvalue weighted by atomic mass is 10.2. The fourth-order valence-corrected chi connectivity index (χ4v) is 4.64. The smallest absolute Gasteiger partial charge is 0.243 e. The van der Waals surface area contributed by atoms with Crippen LogP contribution < -0.4 is 10.6 Å². The van der Waals surface area contributed by atoms with Crippen molar-refractivity contribution >= 4 is 21.9 Å². The lowest BCUT2D eigenvalue weighted by Crippen LogP contribution is -2.47. The molecule has 1 atom stereocenters. The first-order valence-corrected chi connectivity index (χ1v) is 12.1. The molecule has 2 rings (SSSR count). The van der Waals surface area contributed by atoms with Gasteiger partial charge in [0.25, 0.3) is 0 Å². The molecule has 11 heteroatoms. The number of likely N-dealkylation sites (N-methyl/N-ethyl adjacent to an activating group) is 1. The number of morpholine rings is 1. The van der Waals surface area contributed by atoms with Crippen LogP contribution in [0.3, 0.4) is 0 Å². The molecule has 0 aromatic carbocycles. The fraction of sp³-hybridized carbons (Fsp3) is 0.889. The van der Waals surface area contributed by atoms with Crippen LogP contribution >= 0.6 is 0 Å². The largest absolute Gasteiger partial charge is 0.379 e. The maximum absolute atomic E-state index is 11.9. The molecule has 0 spiro atoms. The highest BCUT2D eigenvalue weighted by molar-refractivity contribution is 7.88. The van der Waals surface area contributed by atoms with Gasteiger partial charge in [-0.3, -0.25) is 9.69 Å². The van der Waals surface area contributed by atoms with Crippen LogP contribution in [-0.4, -0.2) is 120 Å². The first-order valence-electron chi connectivity index (χ1n) is 10.3. The molecule has 2 N–H and O–H groups in total. The molecule has 2 heterocycles. The third-order valence-corrected chi connectivity index (χ3v) is 6.51. The molecule has 2 saturated heterocycles.